The van der Waals surface area contributed by atoms with Gasteiger partial charge < -0.3 is 19.5 Å². The van der Waals surface area contributed by atoms with Gasteiger partial charge in [0.15, 0.2) is 5.76 Å². The fraction of sp³-hybridized carbons (Fsp3) is 0.688. The first kappa shape index (κ1) is 18.3. The molecule has 2 heterocycles. The molecule has 2 rings (SSSR count). The Morgan fingerprint density at radius 1 is 1.33 bits per heavy atom. The highest BCUT2D eigenvalue weighted by molar-refractivity contribution is 5.75. The molecule has 2 amide bonds. The predicted molar refractivity (Wildman–Crippen MR) is 87.3 cm³/mol. The first-order valence-corrected chi connectivity index (χ1v) is 8.31. The van der Waals surface area contributed by atoms with E-state index in [-0.39, 0.29) is 24.5 Å². The summed E-state index contributed by atoms with van der Waals surface area (Å²) in [5, 5.41) is 6.64. The van der Waals surface area contributed by atoms with Gasteiger partial charge in [0, 0.05) is 38.8 Å². The highest BCUT2D eigenvalue weighted by Crippen LogP contribution is 2.09. The van der Waals surface area contributed by atoms with Crippen molar-refractivity contribution in [2.45, 2.75) is 39.8 Å². The number of aryl methyl sites for hydroxylation is 1. The molecule has 0 unspecified atom stereocenters. The number of nitrogens with zero attached hydrogens (tertiary/aromatic N) is 3. The average Bonchev–Trinajstić information content (AvgIpc) is 2.92. The molecule has 1 aromatic heterocycles. The van der Waals surface area contributed by atoms with Crippen LogP contribution in [0.15, 0.2) is 10.6 Å². The van der Waals surface area contributed by atoms with Crippen LogP contribution in [0, 0.1) is 6.92 Å². The molecular formula is C16H26N4O4. The minimum atomic E-state index is -0.294. The summed E-state index contributed by atoms with van der Waals surface area (Å²) in [5.74, 6) is 0.548. The van der Waals surface area contributed by atoms with Crippen molar-refractivity contribution < 1.29 is 18.8 Å². The zero-order valence-corrected chi connectivity index (χ0v) is 14.6. The number of rotatable bonds is 6. The van der Waals surface area contributed by atoms with Gasteiger partial charge >= 0.3 is 12.0 Å². The minimum Gasteiger partial charge on any atom is -0.463 e. The molecule has 0 aromatic carbocycles. The van der Waals surface area contributed by atoms with Crippen LogP contribution < -0.4 is 5.32 Å². The normalized spacial score (nSPS) is 15.6. The monoisotopic (exact) mass is 338 g/mol. The van der Waals surface area contributed by atoms with Gasteiger partial charge in [-0.1, -0.05) is 5.16 Å². The molecular weight excluding hydrogens is 312 g/mol. The van der Waals surface area contributed by atoms with Gasteiger partial charge in [-0.15, -0.1) is 0 Å². The minimum absolute atomic E-state index is 0.130. The van der Waals surface area contributed by atoms with Crippen molar-refractivity contribution in [3.8, 4) is 0 Å². The lowest BCUT2D eigenvalue weighted by molar-refractivity contribution is -0.147. The number of hydrogen-bond acceptors (Lipinski definition) is 6. The van der Waals surface area contributed by atoms with E-state index in [2.05, 4.69) is 15.4 Å². The Hall–Kier alpha value is -2.09. The second kappa shape index (κ2) is 8.68. The number of esters is 1. The van der Waals surface area contributed by atoms with Crippen LogP contribution in [0.1, 0.15) is 31.7 Å². The van der Waals surface area contributed by atoms with E-state index in [1.165, 1.54) is 0 Å². The number of piperazine rings is 1. The van der Waals surface area contributed by atoms with Crippen molar-refractivity contribution in [2.24, 2.45) is 0 Å². The highest BCUT2D eigenvalue weighted by atomic mass is 16.5. The molecule has 1 N–H and O–H groups in total. The van der Waals surface area contributed by atoms with Crippen LogP contribution >= 0.6 is 0 Å². The Morgan fingerprint density at radius 2 is 2.04 bits per heavy atom. The smallest absolute Gasteiger partial charge is 0.317 e. The van der Waals surface area contributed by atoms with Crippen LogP contribution in [0.5, 0.6) is 0 Å². The fourth-order valence-corrected chi connectivity index (χ4v) is 2.53. The Morgan fingerprint density at radius 3 is 2.62 bits per heavy atom. The number of carbonyl (C=O) groups excluding carboxylic acids is 2. The van der Waals surface area contributed by atoms with Crippen LogP contribution in [-0.2, 0) is 16.1 Å². The number of ether oxygens (including phenoxy) is 1. The average molecular weight is 338 g/mol. The summed E-state index contributed by atoms with van der Waals surface area (Å²) in [4.78, 5) is 27.5. The maximum Gasteiger partial charge on any atom is 0.317 e. The van der Waals surface area contributed by atoms with Gasteiger partial charge in [0.2, 0.25) is 0 Å². The molecule has 1 aromatic rings. The molecule has 0 radical (unpaired) electrons. The third-order valence-corrected chi connectivity index (χ3v) is 3.69. The van der Waals surface area contributed by atoms with Crippen molar-refractivity contribution in [2.75, 3.05) is 32.7 Å². The van der Waals surface area contributed by atoms with E-state index < -0.39 is 0 Å². The van der Waals surface area contributed by atoms with Gasteiger partial charge in [-0.05, 0) is 20.8 Å². The summed E-state index contributed by atoms with van der Waals surface area (Å²) in [6, 6.07) is 1.79. The molecule has 1 aliphatic heterocycles. The molecule has 0 spiro atoms. The maximum atomic E-state index is 12.1. The van der Waals surface area contributed by atoms with Gasteiger partial charge in [-0.3, -0.25) is 9.69 Å². The van der Waals surface area contributed by atoms with E-state index in [4.69, 9.17) is 9.26 Å². The Balaban J connectivity index is 1.64. The third-order valence-electron chi connectivity index (χ3n) is 3.69. The van der Waals surface area contributed by atoms with E-state index >= 15 is 0 Å². The van der Waals surface area contributed by atoms with Gasteiger partial charge in [-0.2, -0.15) is 0 Å². The van der Waals surface area contributed by atoms with E-state index in [1.807, 2.05) is 13.0 Å². The Bertz CT molecular complexity index is 550. The summed E-state index contributed by atoms with van der Waals surface area (Å²) < 4.78 is 10.2. The summed E-state index contributed by atoms with van der Waals surface area (Å²) in [7, 11) is 0. The third kappa shape index (κ3) is 5.84. The zero-order chi connectivity index (χ0) is 17.5. The van der Waals surface area contributed by atoms with Crippen molar-refractivity contribution in [1.29, 1.82) is 0 Å². The topological polar surface area (TPSA) is 87.9 Å². The highest BCUT2D eigenvalue weighted by Gasteiger charge is 2.22. The van der Waals surface area contributed by atoms with Gasteiger partial charge in [0.1, 0.15) is 0 Å². The molecule has 0 aliphatic carbocycles. The lowest BCUT2D eigenvalue weighted by Gasteiger charge is -2.34. The summed E-state index contributed by atoms with van der Waals surface area (Å²) in [5.41, 5.74) is 0.874. The molecule has 0 saturated carbocycles. The first-order valence-electron chi connectivity index (χ1n) is 8.31. The second-order valence-electron chi connectivity index (χ2n) is 6.22. The second-order valence-corrected chi connectivity index (χ2v) is 6.22. The molecule has 8 heteroatoms. The number of amides is 2. The SMILES string of the molecule is Cc1cc(CN2CCN(C(=O)NCCC(=O)OC(C)C)CC2)on1. The van der Waals surface area contributed by atoms with Crippen molar-refractivity contribution >= 4 is 12.0 Å². The molecule has 1 saturated heterocycles. The van der Waals surface area contributed by atoms with Crippen LogP contribution in [0.2, 0.25) is 0 Å². The maximum absolute atomic E-state index is 12.1. The standard InChI is InChI=1S/C16H26N4O4/c1-12(2)23-15(21)4-5-17-16(22)20-8-6-19(7-9-20)11-14-10-13(3)18-24-14/h10,12H,4-9,11H2,1-3H3,(H,17,22). The first-order chi connectivity index (χ1) is 11.4. The van der Waals surface area contributed by atoms with Crippen LogP contribution in [-0.4, -0.2) is 65.8 Å². The Kier molecular flexibility index (Phi) is 6.60. The molecule has 8 nitrogen and oxygen atoms in total. The molecule has 0 bridgehead atoms. The number of carbonyl (C=O) groups is 2. The van der Waals surface area contributed by atoms with Gasteiger partial charge in [-0.25, -0.2) is 4.79 Å². The molecule has 1 aliphatic rings. The van der Waals surface area contributed by atoms with E-state index in [0.717, 1.165) is 24.5 Å². The van der Waals surface area contributed by atoms with Crippen LogP contribution in [0.4, 0.5) is 4.79 Å². The summed E-state index contributed by atoms with van der Waals surface area (Å²) in [6.07, 6.45) is 0.0591. The number of urea groups is 1. The molecule has 1 fully saturated rings. The van der Waals surface area contributed by atoms with Gasteiger partial charge in [0.05, 0.1) is 24.8 Å². The lowest BCUT2D eigenvalue weighted by atomic mass is 10.3. The quantitative estimate of drug-likeness (QED) is 0.783. The fourth-order valence-electron chi connectivity index (χ4n) is 2.53. The molecule has 134 valence electrons. The van der Waals surface area contributed by atoms with E-state index in [1.54, 1.807) is 18.7 Å². The molecule has 24 heavy (non-hydrogen) atoms. The van der Waals surface area contributed by atoms with Crippen molar-refractivity contribution in [3.05, 3.63) is 17.5 Å². The largest absolute Gasteiger partial charge is 0.463 e. The van der Waals surface area contributed by atoms with E-state index in [0.29, 0.717) is 26.2 Å². The number of nitrogens with one attached hydrogen (secondary N) is 1. The number of aromatic nitrogens is 1. The summed E-state index contributed by atoms with van der Waals surface area (Å²) >= 11 is 0. The zero-order valence-electron chi connectivity index (χ0n) is 14.6. The van der Waals surface area contributed by atoms with Crippen molar-refractivity contribution in [1.82, 2.24) is 20.3 Å². The van der Waals surface area contributed by atoms with E-state index in [9.17, 15) is 9.59 Å². The van der Waals surface area contributed by atoms with Gasteiger partial charge in [0.25, 0.3) is 0 Å². The molecule has 0 atom stereocenters. The van der Waals surface area contributed by atoms with Crippen LogP contribution in [0.3, 0.4) is 0 Å². The van der Waals surface area contributed by atoms with Crippen LogP contribution in [0.25, 0.3) is 0 Å². The Labute approximate surface area is 142 Å². The summed E-state index contributed by atoms with van der Waals surface area (Å²) in [6.45, 7) is 9.35. The lowest BCUT2D eigenvalue weighted by Crippen LogP contribution is -2.51. The number of hydrogen-bond donors (Lipinski definition) is 1. The van der Waals surface area contributed by atoms with Crippen molar-refractivity contribution in [3.63, 3.8) is 0 Å². The predicted octanol–water partition coefficient (Wildman–Crippen LogP) is 1.15.